The summed E-state index contributed by atoms with van der Waals surface area (Å²) in [5.41, 5.74) is -2.39. The van der Waals surface area contributed by atoms with Crippen molar-refractivity contribution in [2.24, 2.45) is 5.92 Å². The number of piperidine rings is 1. The Balaban J connectivity index is 1.98. The first-order valence-corrected chi connectivity index (χ1v) is 9.90. The molecule has 2 aliphatic rings. The maximum atomic E-state index is 12.0. The van der Waals surface area contributed by atoms with E-state index in [1.807, 2.05) is 0 Å². The van der Waals surface area contributed by atoms with E-state index in [4.69, 9.17) is 21.1 Å². The normalized spacial score (nSPS) is 23.8. The van der Waals surface area contributed by atoms with Crippen molar-refractivity contribution >= 4 is 23.5 Å². The molecule has 9 heteroatoms. The average molecular weight is 435 g/mol. The predicted octanol–water partition coefficient (Wildman–Crippen LogP) is 2.53. The van der Waals surface area contributed by atoms with E-state index in [0.717, 1.165) is 25.9 Å². The van der Waals surface area contributed by atoms with Gasteiger partial charge in [-0.25, -0.2) is 9.59 Å². The summed E-state index contributed by atoms with van der Waals surface area (Å²) in [7, 11) is 0. The third-order valence-corrected chi connectivity index (χ3v) is 5.06. The summed E-state index contributed by atoms with van der Waals surface area (Å²) in [6, 6.07) is 6.30. The monoisotopic (exact) mass is 434 g/mol. The molecule has 0 spiro atoms. The molecule has 30 heavy (non-hydrogen) atoms. The highest BCUT2D eigenvalue weighted by atomic mass is 35.5. The van der Waals surface area contributed by atoms with Crippen LogP contribution in [0.15, 0.2) is 60.0 Å². The molecule has 1 fully saturated rings. The third kappa shape index (κ3) is 5.14. The van der Waals surface area contributed by atoms with Gasteiger partial charge in [-0.2, -0.15) is 0 Å². The van der Waals surface area contributed by atoms with Crippen LogP contribution in [0.4, 0.5) is 0 Å². The van der Waals surface area contributed by atoms with E-state index in [1.54, 1.807) is 36.4 Å². The summed E-state index contributed by atoms with van der Waals surface area (Å²) in [6.07, 6.45) is 7.29. The maximum Gasteiger partial charge on any atom is 0.338 e. The van der Waals surface area contributed by atoms with Crippen molar-refractivity contribution in [3.05, 3.63) is 65.0 Å². The Labute approximate surface area is 178 Å². The van der Waals surface area contributed by atoms with Crippen LogP contribution in [0.1, 0.15) is 12.8 Å². The number of carboxylic acid groups (broad SMARTS) is 2. The first kappa shape index (κ1) is 21.7. The van der Waals surface area contributed by atoms with Crippen LogP contribution in [0.25, 0.3) is 0 Å². The van der Waals surface area contributed by atoms with Gasteiger partial charge in [-0.15, -0.1) is 0 Å². The highest BCUT2D eigenvalue weighted by molar-refractivity contribution is 6.30. The Morgan fingerprint density at radius 2 is 2.03 bits per heavy atom. The fourth-order valence-corrected chi connectivity index (χ4v) is 3.50. The van der Waals surface area contributed by atoms with Crippen molar-refractivity contribution in [3.8, 4) is 5.75 Å². The fourth-order valence-electron chi connectivity index (χ4n) is 3.38. The lowest BCUT2D eigenvalue weighted by molar-refractivity contribution is -0.137. The molecule has 0 bridgehead atoms. The Kier molecular flexibility index (Phi) is 7.02. The van der Waals surface area contributed by atoms with Gasteiger partial charge in [-0.1, -0.05) is 11.6 Å². The molecule has 3 rings (SSSR count). The molecule has 1 aromatic rings. The third-order valence-electron chi connectivity index (χ3n) is 4.81. The molecule has 0 saturated carbocycles. The fraction of sp³-hybridized carbons (Fsp3) is 0.333. The number of nitrogens with one attached hydrogen (secondary N) is 2. The smallest absolute Gasteiger partial charge is 0.338 e. The maximum absolute atomic E-state index is 12.0. The van der Waals surface area contributed by atoms with Crippen molar-refractivity contribution in [2.75, 3.05) is 19.7 Å². The molecule has 2 atom stereocenters. The largest absolute Gasteiger partial charge is 0.491 e. The van der Waals surface area contributed by atoms with Crippen LogP contribution in [0.5, 0.6) is 5.75 Å². The Morgan fingerprint density at radius 3 is 2.67 bits per heavy atom. The molecular formula is C21H23ClN2O6. The first-order valence-electron chi connectivity index (χ1n) is 9.52. The number of hydrogen-bond acceptors (Lipinski definition) is 6. The quantitative estimate of drug-likeness (QED) is 0.461. The Bertz CT molecular complexity index is 874. The van der Waals surface area contributed by atoms with Gasteiger partial charge in [-0.3, -0.25) is 0 Å². The second-order valence-electron chi connectivity index (χ2n) is 7.00. The van der Waals surface area contributed by atoms with Crippen LogP contribution in [0, 0.1) is 5.92 Å². The number of carbonyl (C=O) groups is 2. The zero-order valence-electron chi connectivity index (χ0n) is 16.1. The van der Waals surface area contributed by atoms with E-state index in [0.29, 0.717) is 17.7 Å². The van der Waals surface area contributed by atoms with Crippen LogP contribution in [-0.4, -0.2) is 47.6 Å². The lowest BCUT2D eigenvalue weighted by atomic mass is 9.96. The van der Waals surface area contributed by atoms with E-state index in [9.17, 15) is 19.8 Å². The summed E-state index contributed by atoms with van der Waals surface area (Å²) in [4.78, 5) is 23.4. The molecule has 2 heterocycles. The molecule has 0 radical (unpaired) electrons. The first-order chi connectivity index (χ1) is 14.4. The molecule has 160 valence electrons. The van der Waals surface area contributed by atoms with E-state index < -0.39 is 23.2 Å². The van der Waals surface area contributed by atoms with Crippen LogP contribution in [0.3, 0.4) is 0 Å². The molecule has 1 unspecified atom stereocenters. The number of aliphatic carboxylic acids is 2. The van der Waals surface area contributed by atoms with Crippen molar-refractivity contribution in [2.45, 2.75) is 18.6 Å². The molecule has 0 aromatic heterocycles. The number of carboxylic acids is 2. The molecule has 1 aromatic carbocycles. The Morgan fingerprint density at radius 1 is 1.27 bits per heavy atom. The summed E-state index contributed by atoms with van der Waals surface area (Å²) >= 11 is 5.93. The highest BCUT2D eigenvalue weighted by Gasteiger charge is 2.47. The number of allylic oxidation sites excluding steroid dienone is 2. The molecule has 0 aliphatic carbocycles. The van der Waals surface area contributed by atoms with Gasteiger partial charge in [0.2, 0.25) is 0 Å². The summed E-state index contributed by atoms with van der Waals surface area (Å²) in [6.45, 7) is 2.08. The lowest BCUT2D eigenvalue weighted by Gasteiger charge is -2.38. The number of ether oxygens (including phenoxy) is 2. The topological polar surface area (TPSA) is 117 Å². The number of hydrogen-bond donors (Lipinski definition) is 4. The molecular weight excluding hydrogens is 412 g/mol. The zero-order valence-corrected chi connectivity index (χ0v) is 16.9. The average Bonchev–Trinajstić information content (AvgIpc) is 2.73. The molecule has 2 aliphatic heterocycles. The van der Waals surface area contributed by atoms with Gasteiger partial charge in [0, 0.05) is 29.8 Å². The van der Waals surface area contributed by atoms with Crippen LogP contribution < -0.4 is 15.4 Å². The standard InChI is InChI=1S/C21H23ClN2O6/c22-15-5-7-16(8-6-15)30-21(17(20(27)28)11-19(25)26)18(4-2-10-24-21)29-13-14-3-1-9-23-12-14/h2,4-8,10-11,14,23-24H,1,3,9,12-13H2,(H,25,26)(H,27,28)/b17-11-/t14?,21-/m0/s1. The summed E-state index contributed by atoms with van der Waals surface area (Å²) in [5, 5.41) is 25.7. The number of rotatable bonds is 8. The van der Waals surface area contributed by atoms with E-state index >= 15 is 0 Å². The minimum Gasteiger partial charge on any atom is -0.491 e. The van der Waals surface area contributed by atoms with E-state index in [-0.39, 0.29) is 17.4 Å². The van der Waals surface area contributed by atoms with Crippen LogP contribution in [-0.2, 0) is 14.3 Å². The van der Waals surface area contributed by atoms with Gasteiger partial charge in [-0.05, 0) is 55.8 Å². The summed E-state index contributed by atoms with van der Waals surface area (Å²) < 4.78 is 12.0. The number of benzene rings is 1. The van der Waals surface area contributed by atoms with Gasteiger partial charge < -0.3 is 30.3 Å². The second-order valence-corrected chi connectivity index (χ2v) is 7.43. The molecule has 0 amide bonds. The SMILES string of the molecule is O=C(O)/C=C(/C(=O)O)[C@@]1(Oc2ccc(Cl)cc2)NC=CC=C1OCC1CCCNC1. The lowest BCUT2D eigenvalue weighted by Crippen LogP contribution is -2.55. The summed E-state index contributed by atoms with van der Waals surface area (Å²) in [5.74, 6) is -2.19. The van der Waals surface area contributed by atoms with Crippen molar-refractivity contribution in [3.63, 3.8) is 0 Å². The van der Waals surface area contributed by atoms with Crippen molar-refractivity contribution < 1.29 is 29.3 Å². The molecule has 4 N–H and O–H groups in total. The van der Waals surface area contributed by atoms with Crippen molar-refractivity contribution in [1.82, 2.24) is 10.6 Å². The van der Waals surface area contributed by atoms with Crippen LogP contribution in [0.2, 0.25) is 5.02 Å². The Hall–Kier alpha value is -2.97. The van der Waals surface area contributed by atoms with Crippen LogP contribution >= 0.6 is 11.6 Å². The molecule has 8 nitrogen and oxygen atoms in total. The van der Waals surface area contributed by atoms with E-state index in [1.165, 1.54) is 6.20 Å². The zero-order chi connectivity index (χ0) is 21.6. The minimum atomic E-state index is -1.87. The minimum absolute atomic E-state index is 0.153. The van der Waals surface area contributed by atoms with Gasteiger partial charge in [0.15, 0.2) is 5.76 Å². The van der Waals surface area contributed by atoms with Gasteiger partial charge in [0.25, 0.3) is 5.72 Å². The second kappa shape index (κ2) is 9.69. The number of halogens is 1. The van der Waals surface area contributed by atoms with Crippen molar-refractivity contribution in [1.29, 1.82) is 0 Å². The molecule has 1 saturated heterocycles. The number of dihydropyridines is 1. The van der Waals surface area contributed by atoms with Gasteiger partial charge in [0.1, 0.15) is 11.3 Å². The predicted molar refractivity (Wildman–Crippen MR) is 110 cm³/mol. The van der Waals surface area contributed by atoms with Gasteiger partial charge >= 0.3 is 11.9 Å². The van der Waals surface area contributed by atoms with E-state index in [2.05, 4.69) is 10.6 Å². The highest BCUT2D eigenvalue weighted by Crippen LogP contribution is 2.34. The van der Waals surface area contributed by atoms with Gasteiger partial charge in [0.05, 0.1) is 6.61 Å².